The zero-order valence-corrected chi connectivity index (χ0v) is 16.1. The minimum atomic E-state index is -1.07. The number of nitrogens with zero attached hydrogens (tertiary/aromatic N) is 1. The maximum Gasteiger partial charge on any atom is 0.326 e. The fourth-order valence-electron chi connectivity index (χ4n) is 2.91. The van der Waals surface area contributed by atoms with Crippen LogP contribution in [0.2, 0.25) is 0 Å². The van der Waals surface area contributed by atoms with Crippen LogP contribution in [0.5, 0.6) is 0 Å². The van der Waals surface area contributed by atoms with Crippen molar-refractivity contribution in [1.82, 2.24) is 10.2 Å². The van der Waals surface area contributed by atoms with E-state index in [1.807, 2.05) is 67.6 Å². The van der Waals surface area contributed by atoms with Gasteiger partial charge in [0.15, 0.2) is 0 Å². The highest BCUT2D eigenvalue weighted by atomic mass is 16.4. The molecule has 0 heterocycles. The molecule has 3 N–H and O–H groups in total. The molecule has 0 radical (unpaired) electrons. The molecule has 2 amide bonds. The summed E-state index contributed by atoms with van der Waals surface area (Å²) in [5.41, 5.74) is 1.94. The molecule has 0 aromatic heterocycles. The number of benzene rings is 2. The van der Waals surface area contributed by atoms with Crippen LogP contribution in [-0.4, -0.2) is 52.9 Å². The number of carboxylic acid groups (broad SMARTS) is 1. The second-order valence-electron chi connectivity index (χ2n) is 7.00. The number of aliphatic hydroxyl groups is 1. The summed E-state index contributed by atoms with van der Waals surface area (Å²) in [6, 6.07) is 17.6. The topological polar surface area (TPSA) is 89.9 Å². The van der Waals surface area contributed by atoms with Crippen molar-refractivity contribution in [3.63, 3.8) is 0 Å². The number of urea groups is 1. The first-order chi connectivity index (χ1) is 13.5. The number of amides is 2. The molecule has 150 valence electrons. The summed E-state index contributed by atoms with van der Waals surface area (Å²) in [5, 5.41) is 21.5. The van der Waals surface area contributed by atoms with Gasteiger partial charge in [-0.15, -0.1) is 0 Å². The van der Waals surface area contributed by atoms with Crippen LogP contribution in [0.3, 0.4) is 0 Å². The number of rotatable bonds is 10. The molecule has 0 bridgehead atoms. The fraction of sp³-hybridized carbons (Fsp3) is 0.364. The molecule has 6 heteroatoms. The molecule has 2 aromatic carbocycles. The zero-order valence-electron chi connectivity index (χ0n) is 16.1. The summed E-state index contributed by atoms with van der Waals surface area (Å²) in [6.07, 6.45) is 0.868. The minimum Gasteiger partial charge on any atom is -0.480 e. The fourth-order valence-corrected chi connectivity index (χ4v) is 2.91. The molecule has 0 aliphatic carbocycles. The Morgan fingerprint density at radius 2 is 1.57 bits per heavy atom. The van der Waals surface area contributed by atoms with E-state index in [1.165, 1.54) is 0 Å². The Hall–Kier alpha value is -2.86. The average Bonchev–Trinajstić information content (AvgIpc) is 2.71. The molecule has 0 saturated heterocycles. The summed E-state index contributed by atoms with van der Waals surface area (Å²) in [5.74, 6) is -1.17. The van der Waals surface area contributed by atoms with Gasteiger partial charge in [0.1, 0.15) is 6.04 Å². The van der Waals surface area contributed by atoms with Crippen LogP contribution in [0.1, 0.15) is 18.1 Å². The molecule has 2 atom stereocenters. The summed E-state index contributed by atoms with van der Waals surface area (Å²) < 4.78 is 0. The monoisotopic (exact) mass is 384 g/mol. The van der Waals surface area contributed by atoms with Gasteiger partial charge in [-0.1, -0.05) is 67.6 Å². The Morgan fingerprint density at radius 3 is 2.11 bits per heavy atom. The molecular formula is C22H28N2O4. The van der Waals surface area contributed by atoms with Crippen molar-refractivity contribution in [3.05, 3.63) is 71.8 Å². The number of hydrogen-bond acceptors (Lipinski definition) is 3. The van der Waals surface area contributed by atoms with Gasteiger partial charge >= 0.3 is 12.0 Å². The summed E-state index contributed by atoms with van der Waals surface area (Å²) in [7, 11) is 0. The molecule has 2 rings (SSSR count). The van der Waals surface area contributed by atoms with Crippen LogP contribution in [0.4, 0.5) is 4.79 Å². The third-order valence-corrected chi connectivity index (χ3v) is 4.52. The van der Waals surface area contributed by atoms with Gasteiger partial charge in [-0.3, -0.25) is 0 Å². The average molecular weight is 384 g/mol. The predicted molar refractivity (Wildman–Crippen MR) is 108 cm³/mol. The van der Waals surface area contributed by atoms with Crippen molar-refractivity contribution in [2.75, 3.05) is 19.7 Å². The Bertz CT molecular complexity index is 737. The number of carbonyl (C=O) groups excluding carboxylic acids is 1. The van der Waals surface area contributed by atoms with E-state index < -0.39 is 18.0 Å². The van der Waals surface area contributed by atoms with E-state index in [0.29, 0.717) is 19.5 Å². The van der Waals surface area contributed by atoms with E-state index in [1.54, 1.807) is 4.90 Å². The normalized spacial score (nSPS) is 12.8. The zero-order chi connectivity index (χ0) is 20.4. The highest BCUT2D eigenvalue weighted by Gasteiger charge is 2.24. The summed E-state index contributed by atoms with van der Waals surface area (Å²) in [4.78, 5) is 26.0. The highest BCUT2D eigenvalue weighted by Crippen LogP contribution is 2.08. The smallest absolute Gasteiger partial charge is 0.326 e. The second kappa shape index (κ2) is 11.1. The molecule has 1 unspecified atom stereocenters. The van der Waals surface area contributed by atoms with Gasteiger partial charge < -0.3 is 20.4 Å². The number of aliphatic hydroxyl groups excluding tert-OH is 1. The van der Waals surface area contributed by atoms with Gasteiger partial charge in [-0.25, -0.2) is 9.59 Å². The molecular weight excluding hydrogens is 356 g/mol. The number of carboxylic acids is 1. The van der Waals surface area contributed by atoms with Crippen molar-refractivity contribution in [2.24, 2.45) is 5.92 Å². The molecule has 0 aliphatic heterocycles. The van der Waals surface area contributed by atoms with Crippen LogP contribution in [-0.2, 0) is 17.6 Å². The van der Waals surface area contributed by atoms with Gasteiger partial charge in [-0.2, -0.15) is 0 Å². The van der Waals surface area contributed by atoms with E-state index in [4.69, 9.17) is 0 Å². The molecule has 28 heavy (non-hydrogen) atoms. The third kappa shape index (κ3) is 7.04. The summed E-state index contributed by atoms with van der Waals surface area (Å²) >= 11 is 0. The van der Waals surface area contributed by atoms with Crippen molar-refractivity contribution in [2.45, 2.75) is 25.8 Å². The number of nitrogens with one attached hydrogen (secondary N) is 1. The van der Waals surface area contributed by atoms with Gasteiger partial charge in [0.25, 0.3) is 0 Å². The lowest BCUT2D eigenvalue weighted by molar-refractivity contribution is -0.139. The first-order valence-corrected chi connectivity index (χ1v) is 9.46. The molecule has 0 spiro atoms. The largest absolute Gasteiger partial charge is 0.480 e. The lowest BCUT2D eigenvalue weighted by atomic mass is 10.1. The molecule has 6 nitrogen and oxygen atoms in total. The van der Waals surface area contributed by atoms with Crippen molar-refractivity contribution in [3.8, 4) is 0 Å². The van der Waals surface area contributed by atoms with Crippen LogP contribution in [0, 0.1) is 5.92 Å². The van der Waals surface area contributed by atoms with E-state index in [9.17, 15) is 19.8 Å². The van der Waals surface area contributed by atoms with E-state index in [-0.39, 0.29) is 18.9 Å². The lowest BCUT2D eigenvalue weighted by Crippen LogP contribution is -2.50. The van der Waals surface area contributed by atoms with Crippen LogP contribution in [0.25, 0.3) is 0 Å². The van der Waals surface area contributed by atoms with Crippen LogP contribution in [0.15, 0.2) is 60.7 Å². The van der Waals surface area contributed by atoms with E-state index in [0.717, 1.165) is 11.1 Å². The third-order valence-electron chi connectivity index (χ3n) is 4.52. The van der Waals surface area contributed by atoms with Gasteiger partial charge in [-0.05, 0) is 23.5 Å². The number of hydrogen-bond donors (Lipinski definition) is 3. The number of aliphatic carboxylic acids is 1. The van der Waals surface area contributed by atoms with Crippen molar-refractivity contribution in [1.29, 1.82) is 0 Å². The minimum absolute atomic E-state index is 0.0402. The van der Waals surface area contributed by atoms with Crippen molar-refractivity contribution >= 4 is 12.0 Å². The Kier molecular flexibility index (Phi) is 8.49. The molecule has 0 aliphatic rings. The Morgan fingerprint density at radius 1 is 1.00 bits per heavy atom. The van der Waals surface area contributed by atoms with Gasteiger partial charge in [0.05, 0.1) is 0 Å². The maximum absolute atomic E-state index is 12.8. The first-order valence-electron chi connectivity index (χ1n) is 9.46. The van der Waals surface area contributed by atoms with Gasteiger partial charge in [0.2, 0.25) is 0 Å². The van der Waals surface area contributed by atoms with E-state index in [2.05, 4.69) is 5.32 Å². The predicted octanol–water partition coefficient (Wildman–Crippen LogP) is 2.57. The standard InChI is InChI=1S/C22H28N2O4/c1-17(16-25)15-24(13-12-18-8-4-2-5-9-18)22(28)23-20(21(26)27)14-19-10-6-3-7-11-19/h2-11,17,20,25H,12-16H2,1H3,(H,23,28)(H,26,27)/t17?,20-/m0/s1. The maximum atomic E-state index is 12.8. The van der Waals surface area contributed by atoms with Gasteiger partial charge in [0, 0.05) is 26.1 Å². The van der Waals surface area contributed by atoms with Crippen LogP contribution < -0.4 is 5.32 Å². The first kappa shape index (κ1) is 21.4. The number of carbonyl (C=O) groups is 2. The quantitative estimate of drug-likeness (QED) is 0.587. The summed E-state index contributed by atoms with van der Waals surface area (Å²) in [6.45, 7) is 2.60. The Balaban J connectivity index is 2.04. The molecule has 0 fully saturated rings. The highest BCUT2D eigenvalue weighted by molar-refractivity contribution is 5.82. The lowest BCUT2D eigenvalue weighted by Gasteiger charge is -2.27. The molecule has 0 saturated carbocycles. The van der Waals surface area contributed by atoms with E-state index >= 15 is 0 Å². The second-order valence-corrected chi connectivity index (χ2v) is 7.00. The van der Waals surface area contributed by atoms with Crippen molar-refractivity contribution < 1.29 is 19.8 Å². The molecule has 2 aromatic rings. The Labute approximate surface area is 165 Å². The van der Waals surface area contributed by atoms with Crippen LogP contribution >= 0.6 is 0 Å². The SMILES string of the molecule is CC(CO)CN(CCc1ccccc1)C(=O)N[C@@H](Cc1ccccc1)C(=O)O.